The molecule has 2 heterocycles. The number of allylic oxidation sites excluding steroid dienone is 2. The molecule has 17 heavy (non-hydrogen) atoms. The largest absolute Gasteiger partial charge is 0.297 e. The number of hydrogen-bond donors (Lipinski definition) is 0. The molecule has 0 aromatic carbocycles. The first kappa shape index (κ1) is 12.5. The topological polar surface area (TPSA) is 32.7 Å². The summed E-state index contributed by atoms with van der Waals surface area (Å²) in [5.41, 5.74) is 2.86. The number of hydrogen-bond acceptors (Lipinski definition) is 4. The van der Waals surface area contributed by atoms with E-state index in [1.54, 1.807) is 23.5 Å². The Kier molecular flexibility index (Phi) is 3.49. The lowest BCUT2D eigenvalue weighted by atomic mass is 10.1. The Hall–Kier alpha value is -0.940. The van der Waals surface area contributed by atoms with E-state index in [0.29, 0.717) is 5.70 Å². The van der Waals surface area contributed by atoms with Crippen LogP contribution in [0.1, 0.15) is 13.8 Å². The first-order valence-electron chi connectivity index (χ1n) is 5.20. The average Bonchev–Trinajstić information content (AvgIpc) is 2.59. The van der Waals surface area contributed by atoms with Gasteiger partial charge in [-0.25, -0.2) is 0 Å². The van der Waals surface area contributed by atoms with Crippen LogP contribution in [0.25, 0.3) is 0 Å². The van der Waals surface area contributed by atoms with Crippen molar-refractivity contribution in [1.82, 2.24) is 4.90 Å². The van der Waals surface area contributed by atoms with Crippen molar-refractivity contribution in [2.75, 3.05) is 12.5 Å². The standard InChI is InChI=1S/C12H14N2OS2/c1-7-5-8(2)10-13-11(15)9(14(10)6-7)12(16-3)17-4/h5-6H,1-4H3. The molecule has 0 saturated carbocycles. The highest BCUT2D eigenvalue weighted by Crippen LogP contribution is 2.35. The van der Waals surface area contributed by atoms with Gasteiger partial charge in [0.2, 0.25) is 0 Å². The molecule has 0 N–H and O–H groups in total. The molecule has 0 atom stereocenters. The van der Waals surface area contributed by atoms with Gasteiger partial charge in [-0.15, -0.1) is 23.5 Å². The predicted octanol–water partition coefficient (Wildman–Crippen LogP) is 2.99. The van der Waals surface area contributed by atoms with Crippen LogP contribution < -0.4 is 0 Å². The Morgan fingerprint density at radius 1 is 1.29 bits per heavy atom. The zero-order chi connectivity index (χ0) is 12.6. The number of carbonyl (C=O) groups excluding carboxylic acids is 1. The van der Waals surface area contributed by atoms with Crippen molar-refractivity contribution in [1.29, 1.82) is 0 Å². The summed E-state index contributed by atoms with van der Waals surface area (Å²) >= 11 is 3.17. The van der Waals surface area contributed by atoms with E-state index in [-0.39, 0.29) is 5.91 Å². The number of fused-ring (bicyclic) bond motifs is 1. The molecule has 90 valence electrons. The summed E-state index contributed by atoms with van der Waals surface area (Å²) in [5, 5.41) is 0. The number of carbonyl (C=O) groups is 1. The summed E-state index contributed by atoms with van der Waals surface area (Å²) in [6, 6.07) is 0. The smallest absolute Gasteiger partial charge is 0.295 e. The molecule has 0 aromatic heterocycles. The van der Waals surface area contributed by atoms with Crippen LogP contribution in [-0.2, 0) is 4.79 Å². The molecule has 0 unspecified atom stereocenters. The van der Waals surface area contributed by atoms with Gasteiger partial charge < -0.3 is 0 Å². The third-order valence-electron chi connectivity index (χ3n) is 2.57. The number of thioether (sulfide) groups is 2. The second-order valence-electron chi connectivity index (χ2n) is 3.86. The Morgan fingerprint density at radius 2 is 1.94 bits per heavy atom. The van der Waals surface area contributed by atoms with Crippen LogP contribution in [0.15, 0.2) is 38.3 Å². The van der Waals surface area contributed by atoms with E-state index in [1.165, 1.54) is 0 Å². The number of amides is 1. The van der Waals surface area contributed by atoms with Crippen LogP contribution >= 0.6 is 23.5 Å². The average molecular weight is 266 g/mol. The Balaban J connectivity index is 2.53. The fraction of sp³-hybridized carbons (Fsp3) is 0.333. The van der Waals surface area contributed by atoms with Gasteiger partial charge in [-0.05, 0) is 37.5 Å². The minimum Gasteiger partial charge on any atom is -0.295 e. The molecule has 0 radical (unpaired) electrons. The summed E-state index contributed by atoms with van der Waals surface area (Å²) in [6.07, 6.45) is 7.97. The first-order valence-corrected chi connectivity index (χ1v) is 7.65. The molecule has 0 aliphatic carbocycles. The SMILES string of the molecule is CSC(SC)=C1C(=O)N=C2C(C)=CC(C)=CN21. The van der Waals surface area contributed by atoms with Gasteiger partial charge in [0.25, 0.3) is 5.91 Å². The van der Waals surface area contributed by atoms with Crippen molar-refractivity contribution in [3.8, 4) is 0 Å². The maximum atomic E-state index is 12.0. The second-order valence-corrected chi connectivity index (χ2v) is 5.75. The van der Waals surface area contributed by atoms with Crippen LogP contribution in [0.2, 0.25) is 0 Å². The van der Waals surface area contributed by atoms with Gasteiger partial charge in [-0.1, -0.05) is 6.08 Å². The second kappa shape index (κ2) is 4.74. The summed E-state index contributed by atoms with van der Waals surface area (Å²) in [7, 11) is 0. The molecule has 1 amide bonds. The molecular formula is C12H14N2OS2. The van der Waals surface area contributed by atoms with Crippen LogP contribution in [0.4, 0.5) is 0 Å². The van der Waals surface area contributed by atoms with E-state index in [1.807, 2.05) is 43.5 Å². The highest BCUT2D eigenvalue weighted by molar-refractivity contribution is 8.21. The van der Waals surface area contributed by atoms with Gasteiger partial charge in [0, 0.05) is 6.20 Å². The number of rotatable bonds is 2. The van der Waals surface area contributed by atoms with Crippen LogP contribution in [0, 0.1) is 0 Å². The van der Waals surface area contributed by atoms with Gasteiger partial charge in [0.15, 0.2) is 0 Å². The molecule has 0 aromatic rings. The molecule has 0 spiro atoms. The molecule has 2 aliphatic rings. The summed E-state index contributed by atoms with van der Waals surface area (Å²) in [4.78, 5) is 18.0. The van der Waals surface area contributed by atoms with E-state index >= 15 is 0 Å². The summed E-state index contributed by atoms with van der Waals surface area (Å²) in [6.45, 7) is 4.01. The number of amidine groups is 1. The van der Waals surface area contributed by atoms with Crippen LogP contribution in [0.3, 0.4) is 0 Å². The normalized spacial score (nSPS) is 18.8. The number of aliphatic imine (C=N–C) groups is 1. The minimum atomic E-state index is -0.141. The summed E-state index contributed by atoms with van der Waals surface area (Å²) in [5.74, 6) is 0.619. The van der Waals surface area contributed by atoms with Gasteiger partial charge >= 0.3 is 0 Å². The summed E-state index contributed by atoms with van der Waals surface area (Å²) < 4.78 is 1.01. The Labute approximate surface area is 110 Å². The quantitative estimate of drug-likeness (QED) is 0.719. The van der Waals surface area contributed by atoms with Crippen molar-refractivity contribution in [2.45, 2.75) is 13.8 Å². The van der Waals surface area contributed by atoms with E-state index in [0.717, 1.165) is 21.2 Å². The molecule has 0 saturated heterocycles. The minimum absolute atomic E-state index is 0.141. The van der Waals surface area contributed by atoms with Crippen LogP contribution in [0.5, 0.6) is 0 Å². The van der Waals surface area contributed by atoms with Gasteiger partial charge in [0.05, 0.1) is 4.24 Å². The molecule has 5 heteroatoms. The Bertz CT molecular complexity index is 495. The lowest BCUT2D eigenvalue weighted by Gasteiger charge is -2.23. The molecule has 2 rings (SSSR count). The highest BCUT2D eigenvalue weighted by Gasteiger charge is 2.33. The van der Waals surface area contributed by atoms with E-state index in [4.69, 9.17) is 0 Å². The van der Waals surface area contributed by atoms with Gasteiger partial charge in [0.1, 0.15) is 11.5 Å². The molecule has 0 fully saturated rings. The van der Waals surface area contributed by atoms with E-state index in [9.17, 15) is 4.79 Å². The lowest BCUT2D eigenvalue weighted by Crippen LogP contribution is -2.25. The van der Waals surface area contributed by atoms with Crippen molar-refractivity contribution in [2.24, 2.45) is 4.99 Å². The van der Waals surface area contributed by atoms with Gasteiger partial charge in [-0.3, -0.25) is 9.69 Å². The molecule has 0 bridgehead atoms. The Morgan fingerprint density at radius 3 is 2.53 bits per heavy atom. The third-order valence-corrected chi connectivity index (χ3v) is 4.70. The predicted molar refractivity (Wildman–Crippen MR) is 75.9 cm³/mol. The van der Waals surface area contributed by atoms with E-state index < -0.39 is 0 Å². The monoisotopic (exact) mass is 266 g/mol. The maximum Gasteiger partial charge on any atom is 0.297 e. The van der Waals surface area contributed by atoms with E-state index in [2.05, 4.69) is 4.99 Å². The van der Waals surface area contributed by atoms with Crippen molar-refractivity contribution in [3.63, 3.8) is 0 Å². The van der Waals surface area contributed by atoms with Gasteiger partial charge in [-0.2, -0.15) is 4.99 Å². The van der Waals surface area contributed by atoms with Crippen LogP contribution in [-0.4, -0.2) is 29.2 Å². The van der Waals surface area contributed by atoms with Crippen molar-refractivity contribution >= 4 is 35.3 Å². The first-order chi connectivity index (χ1) is 8.08. The molecule has 2 aliphatic heterocycles. The fourth-order valence-electron chi connectivity index (χ4n) is 1.93. The maximum absolute atomic E-state index is 12.0. The van der Waals surface area contributed by atoms with Crippen molar-refractivity contribution < 1.29 is 4.79 Å². The lowest BCUT2D eigenvalue weighted by molar-refractivity contribution is -0.114. The molecule has 3 nitrogen and oxygen atoms in total. The van der Waals surface area contributed by atoms with Crippen molar-refractivity contribution in [3.05, 3.63) is 33.4 Å². The third kappa shape index (κ3) is 2.09. The number of nitrogens with zero attached hydrogens (tertiary/aromatic N) is 2. The fourth-order valence-corrected chi connectivity index (χ4v) is 3.35. The zero-order valence-corrected chi connectivity index (χ0v) is 11.9. The molecular weight excluding hydrogens is 252 g/mol. The zero-order valence-electron chi connectivity index (χ0n) is 10.3. The highest BCUT2D eigenvalue weighted by atomic mass is 32.2.